The predicted molar refractivity (Wildman–Crippen MR) is 245 cm³/mol. The number of aromatic hydroxyl groups is 1. The molecule has 0 radical (unpaired) electrons. The summed E-state index contributed by atoms with van der Waals surface area (Å²) in [7, 11) is 5.13. The molecule has 18 nitrogen and oxygen atoms in total. The lowest BCUT2D eigenvalue weighted by Gasteiger charge is -2.32. The number of methoxy groups -OCH3 is 1. The number of amides is 1. The van der Waals surface area contributed by atoms with Crippen LogP contribution in [0.1, 0.15) is 27.9 Å². The van der Waals surface area contributed by atoms with Crippen LogP contribution in [-0.4, -0.2) is 183 Å². The van der Waals surface area contributed by atoms with Crippen molar-refractivity contribution in [3.63, 3.8) is 0 Å². The van der Waals surface area contributed by atoms with Crippen molar-refractivity contribution >= 4 is 45.8 Å². The molecule has 3 N–H and O–H groups in total. The van der Waals surface area contributed by atoms with Crippen molar-refractivity contribution in [1.82, 2.24) is 14.4 Å². The zero-order valence-electron chi connectivity index (χ0n) is 37.8. The van der Waals surface area contributed by atoms with Crippen molar-refractivity contribution < 1.29 is 57.4 Å². The van der Waals surface area contributed by atoms with Gasteiger partial charge in [-0.1, -0.05) is 36.4 Å². The Balaban J connectivity index is 1.15. The van der Waals surface area contributed by atoms with Gasteiger partial charge in [-0.25, -0.2) is 9.79 Å². The van der Waals surface area contributed by atoms with E-state index in [9.17, 15) is 19.5 Å². The Morgan fingerprint density at radius 1 is 0.723 bits per heavy atom. The van der Waals surface area contributed by atoms with Crippen molar-refractivity contribution in [3.05, 3.63) is 89.5 Å². The zero-order valence-corrected chi connectivity index (χ0v) is 37.8. The molecular formula is C47H64N6O12. The standard InChI is InChI=1S/C47H64N6O12/c1-50-17-19-52(20-18-50)34-42(54)51(2)39-12-10-38(11-13-39)49-45(36-7-5-4-6-8-36)44-40-14-9-37(47(57)58-3)33-41(40)53(46(44)56)35-65-43(55)15-21-59-23-25-61-27-29-63-31-32-64-30-28-62-26-24-60-22-16-48/h4-14,33,56H,15-32,34-35,48H2,1-3H3. The van der Waals surface area contributed by atoms with E-state index in [2.05, 4.69) is 16.8 Å². The number of carbonyl (C=O) groups is 3. The number of anilines is 1. The number of rotatable bonds is 29. The topological polar surface area (TPSA) is 198 Å². The fraction of sp³-hybridized carbons (Fsp3) is 0.489. The van der Waals surface area contributed by atoms with E-state index in [4.69, 9.17) is 48.6 Å². The molecule has 1 saturated heterocycles. The molecule has 354 valence electrons. The molecular weight excluding hydrogens is 841 g/mol. The number of likely N-dealkylation sites (N-methyl/N-ethyl adjacent to an activating group) is 2. The largest absolute Gasteiger partial charge is 0.494 e. The first-order valence-corrected chi connectivity index (χ1v) is 21.9. The summed E-state index contributed by atoms with van der Waals surface area (Å²) in [4.78, 5) is 49.8. The van der Waals surface area contributed by atoms with Crippen molar-refractivity contribution in [1.29, 1.82) is 0 Å². The van der Waals surface area contributed by atoms with E-state index >= 15 is 0 Å². The van der Waals surface area contributed by atoms with Crippen molar-refractivity contribution in [2.75, 3.05) is 145 Å². The Hall–Kier alpha value is -5.28. The Kier molecular flexibility index (Phi) is 21.8. The van der Waals surface area contributed by atoms with Gasteiger partial charge in [0, 0.05) is 56.4 Å². The van der Waals surface area contributed by atoms with Gasteiger partial charge in [0.1, 0.15) is 0 Å². The molecule has 0 saturated carbocycles. The number of benzene rings is 3. The lowest BCUT2D eigenvalue weighted by atomic mass is 10.00. The highest BCUT2D eigenvalue weighted by atomic mass is 16.6. The van der Waals surface area contributed by atoms with Crippen molar-refractivity contribution in [3.8, 4) is 5.88 Å². The minimum atomic E-state index is -0.570. The molecule has 4 aromatic rings. The number of nitrogens with zero attached hydrogens (tertiary/aromatic N) is 5. The smallest absolute Gasteiger partial charge is 0.337 e. The zero-order chi connectivity index (χ0) is 46.2. The molecule has 0 spiro atoms. The van der Waals surface area contributed by atoms with E-state index in [1.165, 1.54) is 11.7 Å². The Bertz CT molecular complexity index is 2090. The molecule has 1 aliphatic rings. The number of fused-ring (bicyclic) bond motifs is 1. The first-order valence-electron chi connectivity index (χ1n) is 21.9. The molecule has 0 bridgehead atoms. The van der Waals surface area contributed by atoms with Gasteiger partial charge in [0.05, 0.1) is 127 Å². The number of hydrogen-bond acceptors (Lipinski definition) is 16. The summed E-state index contributed by atoms with van der Waals surface area (Å²) >= 11 is 0. The number of aromatic nitrogens is 1. The van der Waals surface area contributed by atoms with Gasteiger partial charge in [-0.2, -0.15) is 0 Å². The number of carbonyl (C=O) groups excluding carboxylic acids is 3. The van der Waals surface area contributed by atoms with Crippen LogP contribution in [0.2, 0.25) is 0 Å². The molecule has 1 fully saturated rings. The summed E-state index contributed by atoms with van der Waals surface area (Å²) < 4.78 is 44.7. The Labute approximate surface area is 380 Å². The van der Waals surface area contributed by atoms with E-state index < -0.39 is 11.9 Å². The Morgan fingerprint density at radius 3 is 1.86 bits per heavy atom. The molecule has 1 aromatic heterocycles. The minimum absolute atomic E-state index is 0.00507. The average molecular weight is 905 g/mol. The number of piperazine rings is 1. The third-order valence-corrected chi connectivity index (χ3v) is 10.5. The molecule has 1 aliphatic heterocycles. The second kappa shape index (κ2) is 27.9. The number of hydrogen-bond donors (Lipinski definition) is 2. The van der Waals surface area contributed by atoms with E-state index in [0.717, 1.165) is 31.9 Å². The summed E-state index contributed by atoms with van der Waals surface area (Å²) in [5.74, 6) is -1.35. The van der Waals surface area contributed by atoms with Gasteiger partial charge in [-0.05, 0) is 43.4 Å². The van der Waals surface area contributed by atoms with Crippen molar-refractivity contribution in [2.45, 2.75) is 13.2 Å². The summed E-state index contributed by atoms with van der Waals surface area (Å²) in [6.45, 7) is 8.84. The van der Waals surface area contributed by atoms with Crippen LogP contribution in [0.5, 0.6) is 5.88 Å². The SMILES string of the molecule is COC(=O)c1ccc2c(C(=Nc3ccc(N(C)C(=O)CN4CCN(C)CC4)cc3)c3ccccc3)c(O)n(COC(=O)CCOCCOCCOCCOCCOCCOCCN)c2c1. The third-order valence-electron chi connectivity index (χ3n) is 10.5. The van der Waals surface area contributed by atoms with Crippen LogP contribution in [0.15, 0.2) is 77.8 Å². The highest BCUT2D eigenvalue weighted by molar-refractivity contribution is 6.22. The van der Waals surface area contributed by atoms with Crippen LogP contribution >= 0.6 is 0 Å². The maximum absolute atomic E-state index is 13.2. The van der Waals surface area contributed by atoms with Crippen LogP contribution < -0.4 is 10.6 Å². The molecule has 18 heteroatoms. The van der Waals surface area contributed by atoms with Gasteiger partial charge in [0.15, 0.2) is 6.73 Å². The normalized spacial score (nSPS) is 13.6. The highest BCUT2D eigenvalue weighted by Gasteiger charge is 2.25. The van der Waals surface area contributed by atoms with Gasteiger partial charge in [-0.3, -0.25) is 19.1 Å². The molecule has 3 aromatic carbocycles. The molecule has 5 rings (SSSR count). The van der Waals surface area contributed by atoms with E-state index in [-0.39, 0.29) is 43.7 Å². The van der Waals surface area contributed by atoms with Crippen LogP contribution in [0, 0.1) is 0 Å². The fourth-order valence-corrected chi connectivity index (χ4v) is 6.78. The molecule has 2 heterocycles. The van der Waals surface area contributed by atoms with Gasteiger partial charge in [0.2, 0.25) is 11.8 Å². The van der Waals surface area contributed by atoms with E-state index in [1.807, 2.05) is 54.6 Å². The van der Waals surface area contributed by atoms with Gasteiger partial charge < -0.3 is 58.5 Å². The predicted octanol–water partition coefficient (Wildman–Crippen LogP) is 3.46. The average Bonchev–Trinajstić information content (AvgIpc) is 3.60. The minimum Gasteiger partial charge on any atom is -0.494 e. The maximum Gasteiger partial charge on any atom is 0.337 e. The van der Waals surface area contributed by atoms with E-state index in [1.54, 1.807) is 30.1 Å². The lowest BCUT2D eigenvalue weighted by Crippen LogP contribution is -2.48. The van der Waals surface area contributed by atoms with Gasteiger partial charge >= 0.3 is 11.9 Å². The fourth-order valence-electron chi connectivity index (χ4n) is 6.78. The molecule has 0 unspecified atom stereocenters. The number of nitrogens with two attached hydrogens (primary N) is 1. The number of ether oxygens (including phenoxy) is 8. The summed E-state index contributed by atoms with van der Waals surface area (Å²) in [5, 5.41) is 12.5. The molecule has 65 heavy (non-hydrogen) atoms. The highest BCUT2D eigenvalue weighted by Crippen LogP contribution is 2.36. The maximum atomic E-state index is 13.2. The second-order valence-electron chi connectivity index (χ2n) is 15.1. The summed E-state index contributed by atoms with van der Waals surface area (Å²) in [6, 6.07) is 21.6. The summed E-state index contributed by atoms with van der Waals surface area (Å²) in [5.41, 5.74) is 8.83. The quantitative estimate of drug-likeness (QED) is 0.0456. The second-order valence-corrected chi connectivity index (χ2v) is 15.1. The van der Waals surface area contributed by atoms with Crippen molar-refractivity contribution in [2.24, 2.45) is 10.7 Å². The van der Waals surface area contributed by atoms with Crippen LogP contribution in [0.4, 0.5) is 11.4 Å². The monoisotopic (exact) mass is 904 g/mol. The first kappa shape index (κ1) is 50.7. The van der Waals surface area contributed by atoms with Crippen LogP contribution in [0.25, 0.3) is 10.9 Å². The third kappa shape index (κ3) is 16.3. The molecule has 0 aliphatic carbocycles. The van der Waals surface area contributed by atoms with Gasteiger partial charge in [-0.15, -0.1) is 0 Å². The lowest BCUT2D eigenvalue weighted by molar-refractivity contribution is -0.148. The van der Waals surface area contributed by atoms with Crippen LogP contribution in [-0.2, 0) is 54.2 Å². The van der Waals surface area contributed by atoms with Crippen LogP contribution in [0.3, 0.4) is 0 Å². The molecule has 0 atom stereocenters. The molecule has 1 amide bonds. The summed E-state index contributed by atoms with van der Waals surface area (Å²) in [6.07, 6.45) is -0.0419. The van der Waals surface area contributed by atoms with E-state index in [0.29, 0.717) is 113 Å². The number of aliphatic imine (C=N–C) groups is 1. The first-order chi connectivity index (χ1) is 31.7. The Morgan fingerprint density at radius 2 is 1.29 bits per heavy atom. The number of esters is 2. The van der Waals surface area contributed by atoms with Gasteiger partial charge in [0.25, 0.3) is 0 Å².